The quantitative estimate of drug-likeness (QED) is 0.617. The number of ether oxygens (including phenoxy) is 2. The van der Waals surface area contributed by atoms with Crippen molar-refractivity contribution in [2.75, 3.05) is 13.7 Å². The number of esters is 1. The highest BCUT2D eigenvalue weighted by molar-refractivity contribution is 5.95. The molecule has 1 heterocycles. The largest absolute Gasteiger partial charge is 0.491 e. The van der Waals surface area contributed by atoms with Crippen molar-refractivity contribution in [3.8, 4) is 5.75 Å². The Labute approximate surface area is 137 Å². The fourth-order valence-corrected chi connectivity index (χ4v) is 2.33. The summed E-state index contributed by atoms with van der Waals surface area (Å²) in [6.07, 6.45) is -4.17. The molecule has 0 N–H and O–H groups in total. The zero-order valence-electron chi connectivity index (χ0n) is 13.0. The maximum absolute atomic E-state index is 13.9. The van der Waals surface area contributed by atoms with Crippen LogP contribution in [0.25, 0.3) is 10.9 Å². The Kier molecular flexibility index (Phi) is 5.00. The summed E-state index contributed by atoms with van der Waals surface area (Å²) in [6.45, 7) is -0.348. The standard InChI is InChI=1S/C15H12F5NO4/c1-3-25-14(23)8-5-21(6-15(18,19)20)11-7(12(8)22)4-9(16)10(17)13(11)24-2/h4-5H,3,6H2,1-2H3. The van der Waals surface area contributed by atoms with E-state index in [9.17, 15) is 31.5 Å². The molecule has 0 bridgehead atoms. The zero-order valence-corrected chi connectivity index (χ0v) is 13.0. The van der Waals surface area contributed by atoms with E-state index in [4.69, 9.17) is 0 Å². The second kappa shape index (κ2) is 6.69. The number of rotatable bonds is 4. The normalized spacial score (nSPS) is 11.6. The number of fused-ring (bicyclic) bond motifs is 1. The number of halogens is 5. The maximum Gasteiger partial charge on any atom is 0.406 e. The lowest BCUT2D eigenvalue weighted by atomic mass is 10.1. The lowest BCUT2D eigenvalue weighted by Crippen LogP contribution is -2.25. The van der Waals surface area contributed by atoms with Crippen LogP contribution >= 0.6 is 0 Å². The highest BCUT2D eigenvalue weighted by Crippen LogP contribution is 2.31. The Morgan fingerprint density at radius 1 is 1.28 bits per heavy atom. The molecule has 5 nitrogen and oxygen atoms in total. The second-order valence-electron chi connectivity index (χ2n) is 4.94. The highest BCUT2D eigenvalue weighted by Gasteiger charge is 2.31. The molecule has 0 atom stereocenters. The number of alkyl halides is 3. The Bertz CT molecular complexity index is 888. The van der Waals surface area contributed by atoms with Crippen molar-refractivity contribution in [2.45, 2.75) is 19.6 Å². The van der Waals surface area contributed by atoms with E-state index in [1.807, 2.05) is 0 Å². The first kappa shape index (κ1) is 18.7. The molecule has 0 spiro atoms. The Morgan fingerprint density at radius 3 is 2.44 bits per heavy atom. The average Bonchev–Trinajstić information content (AvgIpc) is 2.50. The number of carbonyl (C=O) groups excluding carboxylic acids is 1. The first-order valence-corrected chi connectivity index (χ1v) is 6.93. The lowest BCUT2D eigenvalue weighted by molar-refractivity contribution is -0.140. The minimum absolute atomic E-state index is 0.128. The third kappa shape index (κ3) is 3.57. The minimum atomic E-state index is -4.76. The summed E-state index contributed by atoms with van der Waals surface area (Å²) in [5, 5.41) is -0.634. The molecular formula is C15H12F5NO4. The number of aromatic nitrogens is 1. The monoisotopic (exact) mass is 365 g/mol. The van der Waals surface area contributed by atoms with Crippen LogP contribution in [0.2, 0.25) is 0 Å². The van der Waals surface area contributed by atoms with Crippen LogP contribution in [0.1, 0.15) is 17.3 Å². The topological polar surface area (TPSA) is 57.5 Å². The van der Waals surface area contributed by atoms with Crippen LogP contribution in [0.3, 0.4) is 0 Å². The minimum Gasteiger partial charge on any atom is -0.491 e. The number of pyridine rings is 1. The van der Waals surface area contributed by atoms with Crippen LogP contribution in [0.15, 0.2) is 17.1 Å². The van der Waals surface area contributed by atoms with Crippen LogP contribution in [-0.2, 0) is 11.3 Å². The predicted octanol–water partition coefficient (Wildman–Crippen LogP) is 3.03. The predicted molar refractivity (Wildman–Crippen MR) is 76.7 cm³/mol. The van der Waals surface area contributed by atoms with E-state index in [1.165, 1.54) is 6.92 Å². The van der Waals surface area contributed by atoms with E-state index in [2.05, 4.69) is 9.47 Å². The van der Waals surface area contributed by atoms with Crippen LogP contribution in [0.5, 0.6) is 5.75 Å². The summed E-state index contributed by atoms with van der Waals surface area (Å²) in [5.74, 6) is -5.09. The van der Waals surface area contributed by atoms with E-state index in [-0.39, 0.29) is 6.61 Å². The molecule has 2 aromatic rings. The molecule has 25 heavy (non-hydrogen) atoms. The van der Waals surface area contributed by atoms with Crippen molar-refractivity contribution in [3.05, 3.63) is 39.7 Å². The van der Waals surface area contributed by atoms with Gasteiger partial charge in [-0.2, -0.15) is 17.6 Å². The average molecular weight is 365 g/mol. The van der Waals surface area contributed by atoms with Gasteiger partial charge in [-0.15, -0.1) is 0 Å². The number of methoxy groups -OCH3 is 1. The maximum atomic E-state index is 13.9. The Balaban J connectivity index is 2.94. The molecule has 0 amide bonds. The van der Waals surface area contributed by atoms with Gasteiger partial charge in [-0.3, -0.25) is 4.79 Å². The molecular weight excluding hydrogens is 353 g/mol. The van der Waals surface area contributed by atoms with Gasteiger partial charge >= 0.3 is 12.1 Å². The molecule has 136 valence electrons. The molecule has 0 fully saturated rings. The van der Waals surface area contributed by atoms with E-state index in [0.29, 0.717) is 16.8 Å². The number of hydrogen-bond acceptors (Lipinski definition) is 4. The number of hydrogen-bond donors (Lipinski definition) is 0. The second-order valence-corrected chi connectivity index (χ2v) is 4.94. The summed E-state index contributed by atoms with van der Waals surface area (Å²) in [6, 6.07) is 0.422. The molecule has 0 unspecified atom stereocenters. The van der Waals surface area contributed by atoms with Gasteiger partial charge in [0.15, 0.2) is 11.6 Å². The SMILES string of the molecule is CCOC(=O)c1cn(CC(F)(F)F)c2c(OC)c(F)c(F)cc2c1=O. The third-order valence-corrected chi connectivity index (χ3v) is 3.26. The van der Waals surface area contributed by atoms with Crippen LogP contribution in [-0.4, -0.2) is 30.4 Å². The van der Waals surface area contributed by atoms with Crippen LogP contribution in [0, 0.1) is 11.6 Å². The van der Waals surface area contributed by atoms with Crippen molar-refractivity contribution in [1.82, 2.24) is 4.57 Å². The van der Waals surface area contributed by atoms with Crippen molar-refractivity contribution in [3.63, 3.8) is 0 Å². The lowest BCUT2D eigenvalue weighted by Gasteiger charge is -2.17. The van der Waals surface area contributed by atoms with E-state index in [0.717, 1.165) is 7.11 Å². The van der Waals surface area contributed by atoms with Gasteiger partial charge in [-0.05, 0) is 13.0 Å². The number of benzene rings is 1. The number of carbonyl (C=O) groups is 1. The Morgan fingerprint density at radius 2 is 1.92 bits per heavy atom. The van der Waals surface area contributed by atoms with E-state index < -0.39 is 58.0 Å². The molecule has 0 saturated carbocycles. The molecule has 0 aliphatic rings. The molecule has 0 radical (unpaired) electrons. The van der Waals surface area contributed by atoms with Gasteiger partial charge in [0.05, 0.1) is 24.6 Å². The first-order valence-electron chi connectivity index (χ1n) is 6.93. The van der Waals surface area contributed by atoms with Gasteiger partial charge in [0, 0.05) is 6.20 Å². The highest BCUT2D eigenvalue weighted by atomic mass is 19.4. The van der Waals surface area contributed by atoms with Crippen molar-refractivity contribution in [2.24, 2.45) is 0 Å². The molecule has 0 aliphatic carbocycles. The summed E-state index contributed by atoms with van der Waals surface area (Å²) in [5.41, 5.74) is -2.44. The van der Waals surface area contributed by atoms with Gasteiger partial charge < -0.3 is 14.0 Å². The zero-order chi connectivity index (χ0) is 18.9. The van der Waals surface area contributed by atoms with Gasteiger partial charge in [-0.1, -0.05) is 0 Å². The molecule has 1 aromatic carbocycles. The summed E-state index contributed by atoms with van der Waals surface area (Å²) < 4.78 is 75.7. The number of nitrogens with zero attached hydrogens (tertiary/aromatic N) is 1. The molecule has 2 rings (SSSR count). The molecule has 0 aliphatic heterocycles. The van der Waals surface area contributed by atoms with Gasteiger partial charge in [-0.25, -0.2) is 9.18 Å². The molecule has 0 saturated heterocycles. The van der Waals surface area contributed by atoms with Crippen molar-refractivity contribution in [1.29, 1.82) is 0 Å². The van der Waals surface area contributed by atoms with E-state index >= 15 is 0 Å². The first-order chi connectivity index (χ1) is 11.6. The van der Waals surface area contributed by atoms with Crippen LogP contribution in [0.4, 0.5) is 22.0 Å². The van der Waals surface area contributed by atoms with E-state index in [1.54, 1.807) is 0 Å². The van der Waals surface area contributed by atoms with Crippen molar-refractivity contribution < 1.29 is 36.2 Å². The third-order valence-electron chi connectivity index (χ3n) is 3.26. The fraction of sp³-hybridized carbons (Fsp3) is 0.333. The molecule has 1 aromatic heterocycles. The fourth-order valence-electron chi connectivity index (χ4n) is 2.33. The summed E-state index contributed by atoms with van der Waals surface area (Å²) in [4.78, 5) is 24.2. The Hall–Kier alpha value is -2.65. The smallest absolute Gasteiger partial charge is 0.406 e. The molecule has 10 heteroatoms. The van der Waals surface area contributed by atoms with Crippen LogP contribution < -0.4 is 10.2 Å². The summed E-state index contributed by atoms with van der Waals surface area (Å²) in [7, 11) is 0.916. The summed E-state index contributed by atoms with van der Waals surface area (Å²) >= 11 is 0. The van der Waals surface area contributed by atoms with Gasteiger partial charge in [0.25, 0.3) is 0 Å². The van der Waals surface area contributed by atoms with Gasteiger partial charge in [0.1, 0.15) is 12.1 Å². The van der Waals surface area contributed by atoms with Gasteiger partial charge in [0.2, 0.25) is 11.2 Å². The van der Waals surface area contributed by atoms with Crippen molar-refractivity contribution >= 4 is 16.9 Å².